The van der Waals surface area contributed by atoms with Crippen LogP contribution in [0.25, 0.3) is 0 Å². The van der Waals surface area contributed by atoms with Gasteiger partial charge < -0.3 is 10.1 Å². The number of rotatable bonds is 6. The SMILES string of the molecule is O=C(Nc1ccc(OC(F)F)cc1)C1CCN(S(=O)(=O)c2cccs2)CC1. The Morgan fingerprint density at radius 3 is 2.41 bits per heavy atom. The van der Waals surface area contributed by atoms with Crippen LogP contribution in [0.1, 0.15) is 12.8 Å². The number of thiophene rings is 1. The van der Waals surface area contributed by atoms with Crippen molar-refractivity contribution in [1.82, 2.24) is 4.31 Å². The van der Waals surface area contributed by atoms with Gasteiger partial charge in [-0.15, -0.1) is 11.3 Å². The van der Waals surface area contributed by atoms with Crippen LogP contribution in [0.4, 0.5) is 14.5 Å². The van der Waals surface area contributed by atoms with Crippen LogP contribution < -0.4 is 10.1 Å². The molecule has 1 saturated heterocycles. The van der Waals surface area contributed by atoms with Crippen LogP contribution >= 0.6 is 11.3 Å². The van der Waals surface area contributed by atoms with E-state index in [9.17, 15) is 22.0 Å². The molecule has 1 fully saturated rings. The monoisotopic (exact) mass is 416 g/mol. The lowest BCUT2D eigenvalue weighted by molar-refractivity contribution is -0.120. The van der Waals surface area contributed by atoms with Gasteiger partial charge in [0, 0.05) is 24.7 Å². The first-order valence-corrected chi connectivity index (χ1v) is 10.6. The molecule has 27 heavy (non-hydrogen) atoms. The van der Waals surface area contributed by atoms with Crippen LogP contribution in [0.15, 0.2) is 46.0 Å². The number of carbonyl (C=O) groups is 1. The summed E-state index contributed by atoms with van der Waals surface area (Å²) in [5, 5.41) is 4.44. The quantitative estimate of drug-likeness (QED) is 0.783. The molecule has 0 bridgehead atoms. The number of nitrogens with one attached hydrogen (secondary N) is 1. The number of piperidine rings is 1. The average molecular weight is 416 g/mol. The molecule has 1 aliphatic heterocycles. The Bertz CT molecular complexity index is 863. The molecule has 2 aromatic rings. The number of amides is 1. The number of ether oxygens (including phenoxy) is 1. The van der Waals surface area contributed by atoms with Crippen LogP contribution in [0.3, 0.4) is 0 Å². The van der Waals surface area contributed by atoms with Crippen molar-refractivity contribution >= 4 is 33.0 Å². The van der Waals surface area contributed by atoms with E-state index in [1.807, 2.05) is 0 Å². The van der Waals surface area contributed by atoms with Crippen molar-refractivity contribution in [2.24, 2.45) is 5.92 Å². The molecule has 146 valence electrons. The molecule has 0 aliphatic carbocycles. The summed E-state index contributed by atoms with van der Waals surface area (Å²) in [4.78, 5) is 12.4. The fraction of sp³-hybridized carbons (Fsp3) is 0.353. The van der Waals surface area contributed by atoms with Gasteiger partial charge >= 0.3 is 6.61 Å². The van der Waals surface area contributed by atoms with Gasteiger partial charge in [0.2, 0.25) is 5.91 Å². The average Bonchev–Trinajstić information content (AvgIpc) is 3.18. The second-order valence-electron chi connectivity index (χ2n) is 6.00. The summed E-state index contributed by atoms with van der Waals surface area (Å²) in [5.74, 6) is -0.516. The number of alkyl halides is 2. The molecule has 1 N–H and O–H groups in total. The number of hydrogen-bond acceptors (Lipinski definition) is 5. The summed E-state index contributed by atoms with van der Waals surface area (Å²) in [6, 6.07) is 8.91. The first-order valence-electron chi connectivity index (χ1n) is 8.25. The van der Waals surface area contributed by atoms with Crippen LogP contribution in [0, 0.1) is 5.92 Å². The zero-order chi connectivity index (χ0) is 19.4. The number of sulfonamides is 1. The molecule has 0 saturated carbocycles. The molecule has 0 atom stereocenters. The highest BCUT2D eigenvalue weighted by Gasteiger charge is 2.32. The van der Waals surface area contributed by atoms with Gasteiger partial charge in [-0.05, 0) is 48.6 Å². The van der Waals surface area contributed by atoms with Gasteiger partial charge in [0.05, 0.1) is 0 Å². The van der Waals surface area contributed by atoms with Gasteiger partial charge in [-0.2, -0.15) is 13.1 Å². The largest absolute Gasteiger partial charge is 0.435 e. The van der Waals surface area contributed by atoms with Crippen molar-refractivity contribution in [2.75, 3.05) is 18.4 Å². The van der Waals surface area contributed by atoms with Crippen molar-refractivity contribution in [1.29, 1.82) is 0 Å². The first-order chi connectivity index (χ1) is 12.9. The van der Waals surface area contributed by atoms with Crippen LogP contribution in [-0.2, 0) is 14.8 Å². The minimum Gasteiger partial charge on any atom is -0.435 e. The van der Waals surface area contributed by atoms with E-state index in [0.717, 1.165) is 0 Å². The van der Waals surface area contributed by atoms with Crippen molar-refractivity contribution in [3.63, 3.8) is 0 Å². The Kier molecular flexibility index (Phi) is 6.08. The Morgan fingerprint density at radius 1 is 1.19 bits per heavy atom. The zero-order valence-electron chi connectivity index (χ0n) is 14.2. The summed E-state index contributed by atoms with van der Waals surface area (Å²) >= 11 is 1.17. The van der Waals surface area contributed by atoms with E-state index in [1.54, 1.807) is 17.5 Å². The molecule has 2 heterocycles. The highest BCUT2D eigenvalue weighted by Crippen LogP contribution is 2.27. The van der Waals surface area contributed by atoms with E-state index >= 15 is 0 Å². The maximum Gasteiger partial charge on any atom is 0.387 e. The normalized spacial score (nSPS) is 16.4. The number of benzene rings is 1. The van der Waals surface area contributed by atoms with Crippen LogP contribution in [0.5, 0.6) is 5.75 Å². The minimum atomic E-state index is -3.50. The molecule has 0 radical (unpaired) electrons. The summed E-state index contributed by atoms with van der Waals surface area (Å²) in [6.07, 6.45) is 0.839. The molecule has 0 unspecified atom stereocenters. The van der Waals surface area contributed by atoms with E-state index in [1.165, 1.54) is 39.9 Å². The summed E-state index contributed by atoms with van der Waals surface area (Å²) in [7, 11) is -3.50. The highest BCUT2D eigenvalue weighted by molar-refractivity contribution is 7.91. The van der Waals surface area contributed by atoms with Gasteiger partial charge in [0.1, 0.15) is 9.96 Å². The molecular formula is C17H18F2N2O4S2. The van der Waals surface area contributed by atoms with Crippen molar-refractivity contribution in [3.8, 4) is 5.75 Å². The number of hydrogen-bond donors (Lipinski definition) is 1. The standard InChI is InChI=1S/C17H18F2N2O4S2/c18-17(19)25-14-5-3-13(4-6-14)20-16(22)12-7-9-21(10-8-12)27(23,24)15-2-1-11-26-15/h1-6,11-12,17H,7-10H2,(H,20,22). The zero-order valence-corrected chi connectivity index (χ0v) is 15.8. The lowest BCUT2D eigenvalue weighted by Crippen LogP contribution is -2.41. The van der Waals surface area contributed by atoms with Gasteiger partial charge in [-0.25, -0.2) is 8.42 Å². The first kappa shape index (κ1) is 19.7. The molecule has 6 nitrogen and oxygen atoms in total. The second-order valence-corrected chi connectivity index (χ2v) is 9.12. The summed E-state index contributed by atoms with van der Waals surface area (Å²) in [5.41, 5.74) is 0.468. The number of carbonyl (C=O) groups excluding carboxylic acids is 1. The fourth-order valence-corrected chi connectivity index (χ4v) is 5.47. The molecule has 1 aromatic carbocycles. The predicted octanol–water partition coefficient (Wildman–Crippen LogP) is 3.39. The van der Waals surface area contributed by atoms with E-state index < -0.39 is 16.6 Å². The molecule has 0 spiro atoms. The predicted molar refractivity (Wildman–Crippen MR) is 97.5 cm³/mol. The van der Waals surface area contributed by atoms with E-state index in [-0.39, 0.29) is 30.7 Å². The third-order valence-corrected chi connectivity index (χ3v) is 7.53. The van der Waals surface area contributed by atoms with Crippen molar-refractivity contribution < 1.29 is 26.7 Å². The van der Waals surface area contributed by atoms with E-state index in [0.29, 0.717) is 22.7 Å². The van der Waals surface area contributed by atoms with E-state index in [4.69, 9.17) is 0 Å². The molecule has 1 aliphatic rings. The molecule has 10 heteroatoms. The van der Waals surface area contributed by atoms with Crippen LogP contribution in [0.2, 0.25) is 0 Å². The van der Waals surface area contributed by atoms with Crippen molar-refractivity contribution in [3.05, 3.63) is 41.8 Å². The maximum atomic E-state index is 12.5. The molecule has 1 amide bonds. The van der Waals surface area contributed by atoms with Crippen molar-refractivity contribution in [2.45, 2.75) is 23.7 Å². The van der Waals surface area contributed by atoms with Gasteiger partial charge in [-0.3, -0.25) is 4.79 Å². The van der Waals surface area contributed by atoms with E-state index in [2.05, 4.69) is 10.1 Å². The Labute approximate surface area is 159 Å². The third kappa shape index (κ3) is 4.82. The smallest absolute Gasteiger partial charge is 0.387 e. The second kappa shape index (κ2) is 8.32. The van der Waals surface area contributed by atoms with Gasteiger partial charge in [0.25, 0.3) is 10.0 Å². The summed E-state index contributed by atoms with van der Waals surface area (Å²) in [6.45, 7) is -2.35. The maximum absolute atomic E-state index is 12.5. The molecule has 1 aromatic heterocycles. The third-order valence-electron chi connectivity index (χ3n) is 4.26. The summed E-state index contributed by atoms with van der Waals surface area (Å²) < 4.78 is 55.2. The number of nitrogens with zero attached hydrogens (tertiary/aromatic N) is 1. The van der Waals surface area contributed by atoms with Gasteiger partial charge in [0.15, 0.2) is 0 Å². The highest BCUT2D eigenvalue weighted by atomic mass is 32.2. The minimum absolute atomic E-state index is 0.00934. The number of halogens is 2. The Morgan fingerprint density at radius 2 is 1.85 bits per heavy atom. The Balaban J connectivity index is 1.54. The molecular weight excluding hydrogens is 398 g/mol. The lowest BCUT2D eigenvalue weighted by atomic mass is 9.97. The topological polar surface area (TPSA) is 75.7 Å². The van der Waals surface area contributed by atoms with Crippen LogP contribution in [-0.4, -0.2) is 38.3 Å². The number of anilines is 1. The lowest BCUT2D eigenvalue weighted by Gasteiger charge is -2.30. The fourth-order valence-electron chi connectivity index (χ4n) is 2.86. The molecule has 3 rings (SSSR count). The Hall–Kier alpha value is -2.04. The van der Waals surface area contributed by atoms with Gasteiger partial charge in [-0.1, -0.05) is 6.07 Å².